The minimum atomic E-state index is -3.62. The lowest BCUT2D eigenvalue weighted by atomic mass is 10.3. The van der Waals surface area contributed by atoms with E-state index >= 15 is 0 Å². The van der Waals surface area contributed by atoms with Gasteiger partial charge in [0.05, 0.1) is 17.7 Å². The van der Waals surface area contributed by atoms with Gasteiger partial charge < -0.3 is 9.64 Å². The number of likely N-dealkylation sites (N-methyl/N-ethyl adjacent to an activating group) is 1. The Morgan fingerprint density at radius 2 is 1.52 bits per heavy atom. The van der Waals surface area contributed by atoms with Crippen LogP contribution in [0.4, 0.5) is 5.69 Å². The average Bonchev–Trinajstić information content (AvgIpc) is 2.55. The van der Waals surface area contributed by atoms with Gasteiger partial charge in [0.2, 0.25) is 0 Å². The van der Waals surface area contributed by atoms with Crippen molar-refractivity contribution >= 4 is 15.7 Å². The van der Waals surface area contributed by atoms with Crippen LogP contribution >= 0.6 is 0 Å². The Labute approximate surface area is 138 Å². The molecule has 0 atom stereocenters. The second kappa shape index (κ2) is 7.48. The first-order valence-corrected chi connectivity index (χ1v) is 8.76. The molecule has 0 N–H and O–H groups in total. The molecule has 5 nitrogen and oxygen atoms in total. The molecule has 0 heterocycles. The number of hydrogen-bond donors (Lipinski definition) is 0. The number of anilines is 1. The van der Waals surface area contributed by atoms with Crippen molar-refractivity contribution in [3.05, 3.63) is 54.6 Å². The predicted octanol–water partition coefficient (Wildman–Crippen LogP) is 2.45. The van der Waals surface area contributed by atoms with E-state index in [0.29, 0.717) is 24.5 Å². The van der Waals surface area contributed by atoms with Crippen LogP contribution in [0.5, 0.6) is 5.75 Å². The molecule has 0 amide bonds. The Morgan fingerprint density at radius 3 is 2.04 bits per heavy atom. The number of nitrogens with zero attached hydrogens (tertiary/aromatic N) is 2. The van der Waals surface area contributed by atoms with Gasteiger partial charge in [0.15, 0.2) is 0 Å². The lowest BCUT2D eigenvalue weighted by Crippen LogP contribution is -2.36. The molecule has 0 aliphatic carbocycles. The van der Waals surface area contributed by atoms with Crippen LogP contribution in [0.2, 0.25) is 0 Å². The van der Waals surface area contributed by atoms with Crippen LogP contribution in [-0.4, -0.2) is 47.6 Å². The number of hydrogen-bond acceptors (Lipinski definition) is 4. The van der Waals surface area contributed by atoms with Gasteiger partial charge in [0, 0.05) is 13.1 Å². The monoisotopic (exact) mass is 334 g/mol. The average molecular weight is 334 g/mol. The van der Waals surface area contributed by atoms with Crippen molar-refractivity contribution in [2.24, 2.45) is 0 Å². The summed E-state index contributed by atoms with van der Waals surface area (Å²) in [6.07, 6.45) is 0. The van der Waals surface area contributed by atoms with Gasteiger partial charge in [0.25, 0.3) is 10.0 Å². The largest absolute Gasteiger partial charge is 0.497 e. The summed E-state index contributed by atoms with van der Waals surface area (Å²) in [6, 6.07) is 15.6. The lowest BCUT2D eigenvalue weighted by Gasteiger charge is -2.26. The second-order valence-electron chi connectivity index (χ2n) is 5.39. The summed E-state index contributed by atoms with van der Waals surface area (Å²) in [7, 11) is 1.77. The molecule has 0 spiro atoms. The van der Waals surface area contributed by atoms with E-state index in [9.17, 15) is 8.42 Å². The van der Waals surface area contributed by atoms with Crippen LogP contribution in [0.3, 0.4) is 0 Å². The molecule has 0 radical (unpaired) electrons. The third kappa shape index (κ3) is 4.24. The maximum Gasteiger partial charge on any atom is 0.264 e. The molecule has 0 bridgehead atoms. The van der Waals surface area contributed by atoms with Crippen molar-refractivity contribution in [3.8, 4) is 5.75 Å². The van der Waals surface area contributed by atoms with Crippen molar-refractivity contribution in [3.63, 3.8) is 0 Å². The zero-order valence-electron chi connectivity index (χ0n) is 13.6. The minimum Gasteiger partial charge on any atom is -0.497 e. The maximum absolute atomic E-state index is 13.0. The van der Waals surface area contributed by atoms with Gasteiger partial charge in [-0.15, -0.1) is 0 Å². The molecule has 2 aromatic rings. The third-order valence-corrected chi connectivity index (χ3v) is 5.28. The smallest absolute Gasteiger partial charge is 0.264 e. The van der Waals surface area contributed by atoms with Crippen LogP contribution < -0.4 is 9.04 Å². The van der Waals surface area contributed by atoms with Crippen molar-refractivity contribution < 1.29 is 13.2 Å². The molecule has 0 fully saturated rings. The quantitative estimate of drug-likeness (QED) is 0.780. The molecule has 0 aliphatic rings. The fraction of sp³-hybridized carbons (Fsp3) is 0.294. The zero-order chi connectivity index (χ0) is 16.9. The molecule has 0 saturated carbocycles. The van der Waals surface area contributed by atoms with Crippen molar-refractivity contribution in [2.45, 2.75) is 4.90 Å². The summed E-state index contributed by atoms with van der Waals surface area (Å²) in [5.74, 6) is 0.628. The summed E-state index contributed by atoms with van der Waals surface area (Å²) in [5, 5.41) is 0. The molecule has 6 heteroatoms. The van der Waals surface area contributed by atoms with Crippen molar-refractivity contribution in [1.29, 1.82) is 0 Å². The third-order valence-electron chi connectivity index (χ3n) is 3.44. The fourth-order valence-electron chi connectivity index (χ4n) is 2.15. The SMILES string of the molecule is COc1ccc(S(=O)(=O)N(CCN(C)C)c2ccccc2)cc1. The Kier molecular flexibility index (Phi) is 5.63. The molecule has 0 unspecified atom stereocenters. The first-order chi connectivity index (χ1) is 10.9. The number of ether oxygens (including phenoxy) is 1. The zero-order valence-corrected chi connectivity index (χ0v) is 14.5. The lowest BCUT2D eigenvalue weighted by molar-refractivity contribution is 0.414. The summed E-state index contributed by atoms with van der Waals surface area (Å²) in [4.78, 5) is 2.21. The molecular weight excluding hydrogens is 312 g/mol. The van der Waals surface area contributed by atoms with E-state index in [2.05, 4.69) is 0 Å². The Bertz CT molecular complexity index is 713. The molecule has 124 valence electrons. The second-order valence-corrected chi connectivity index (χ2v) is 7.25. The first kappa shape index (κ1) is 17.3. The summed E-state index contributed by atoms with van der Waals surface area (Å²) >= 11 is 0. The molecular formula is C17H22N2O3S. The van der Waals surface area contributed by atoms with Gasteiger partial charge in [-0.1, -0.05) is 18.2 Å². The van der Waals surface area contributed by atoms with Crippen LogP contribution in [0.25, 0.3) is 0 Å². The highest BCUT2D eigenvalue weighted by Gasteiger charge is 2.24. The predicted molar refractivity (Wildman–Crippen MR) is 92.5 cm³/mol. The molecule has 0 saturated heterocycles. The van der Waals surface area contributed by atoms with E-state index in [1.807, 2.05) is 37.2 Å². The Balaban J connectivity index is 2.39. The van der Waals surface area contributed by atoms with Gasteiger partial charge in [-0.2, -0.15) is 0 Å². The van der Waals surface area contributed by atoms with Crippen LogP contribution in [-0.2, 0) is 10.0 Å². The summed E-state index contributed by atoms with van der Waals surface area (Å²) < 4.78 is 32.6. The topological polar surface area (TPSA) is 49.9 Å². The highest BCUT2D eigenvalue weighted by atomic mass is 32.2. The van der Waals surface area contributed by atoms with E-state index in [1.165, 1.54) is 4.31 Å². The number of rotatable bonds is 7. The van der Waals surface area contributed by atoms with Gasteiger partial charge in [-0.05, 0) is 50.5 Å². The Morgan fingerprint density at radius 1 is 0.913 bits per heavy atom. The van der Waals surface area contributed by atoms with Crippen LogP contribution in [0.15, 0.2) is 59.5 Å². The van der Waals surface area contributed by atoms with Gasteiger partial charge in [-0.25, -0.2) is 8.42 Å². The van der Waals surface area contributed by atoms with E-state index in [1.54, 1.807) is 43.5 Å². The number of methoxy groups -OCH3 is 1. The minimum absolute atomic E-state index is 0.251. The van der Waals surface area contributed by atoms with Gasteiger partial charge in [0.1, 0.15) is 5.75 Å². The Hall–Kier alpha value is -2.05. The van der Waals surface area contributed by atoms with E-state index in [4.69, 9.17) is 4.74 Å². The number of benzene rings is 2. The highest BCUT2D eigenvalue weighted by Crippen LogP contribution is 2.24. The molecule has 2 rings (SSSR count). The van der Waals surface area contributed by atoms with Crippen molar-refractivity contribution in [2.75, 3.05) is 38.6 Å². The van der Waals surface area contributed by atoms with E-state index in [-0.39, 0.29) is 4.90 Å². The fourth-order valence-corrected chi connectivity index (χ4v) is 3.60. The van der Waals surface area contributed by atoms with Crippen LogP contribution in [0, 0.1) is 0 Å². The normalized spacial score (nSPS) is 11.5. The summed E-state index contributed by atoms with van der Waals surface area (Å²) in [5.41, 5.74) is 0.658. The summed E-state index contributed by atoms with van der Waals surface area (Å²) in [6.45, 7) is 1.01. The van der Waals surface area contributed by atoms with E-state index in [0.717, 1.165) is 0 Å². The maximum atomic E-state index is 13.0. The molecule has 0 aromatic heterocycles. The first-order valence-electron chi connectivity index (χ1n) is 7.31. The molecule has 23 heavy (non-hydrogen) atoms. The van der Waals surface area contributed by atoms with Crippen molar-refractivity contribution in [1.82, 2.24) is 4.90 Å². The number of sulfonamides is 1. The van der Waals surface area contributed by atoms with Crippen LogP contribution in [0.1, 0.15) is 0 Å². The van der Waals surface area contributed by atoms with Gasteiger partial charge >= 0.3 is 0 Å². The highest BCUT2D eigenvalue weighted by molar-refractivity contribution is 7.92. The molecule has 0 aliphatic heterocycles. The van der Waals surface area contributed by atoms with Gasteiger partial charge in [-0.3, -0.25) is 4.31 Å². The standard InChI is InChI=1S/C17H22N2O3S/c1-18(2)13-14-19(15-7-5-4-6-8-15)23(20,21)17-11-9-16(22-3)10-12-17/h4-12H,13-14H2,1-3H3. The van der Waals surface area contributed by atoms with E-state index < -0.39 is 10.0 Å². The molecule has 2 aromatic carbocycles. The number of para-hydroxylation sites is 1.